The molecule has 0 radical (unpaired) electrons. The van der Waals surface area contributed by atoms with E-state index in [1.54, 1.807) is 6.07 Å². The summed E-state index contributed by atoms with van der Waals surface area (Å²) in [5, 5.41) is 9.42. The number of nitrogens with one attached hydrogen (secondary N) is 2. The minimum Gasteiger partial charge on any atom is -0.340 e. The van der Waals surface area contributed by atoms with Crippen molar-refractivity contribution in [1.29, 1.82) is 0 Å². The molecule has 0 atom stereocenters. The molecule has 0 saturated heterocycles. The maximum absolute atomic E-state index is 11.3. The summed E-state index contributed by atoms with van der Waals surface area (Å²) in [5.74, 6) is 0.628. The van der Waals surface area contributed by atoms with Gasteiger partial charge in [0.05, 0.1) is 0 Å². The summed E-state index contributed by atoms with van der Waals surface area (Å²) >= 11 is 0. The van der Waals surface area contributed by atoms with Crippen molar-refractivity contribution in [2.45, 2.75) is 6.42 Å². The first-order valence-electron chi connectivity index (χ1n) is 6.25. The number of aromatic nitrogens is 4. The molecule has 7 nitrogen and oxygen atoms in total. The number of nitrogens with zero attached hydrogens (tertiary/aromatic N) is 3. The van der Waals surface area contributed by atoms with Crippen molar-refractivity contribution in [3.63, 3.8) is 0 Å². The number of nitrogens with two attached hydrogens (primary N) is 1. The zero-order valence-corrected chi connectivity index (χ0v) is 10.7. The fraction of sp³-hybridized carbons (Fsp3) is 0.154. The number of anilines is 2. The third-order valence-corrected chi connectivity index (χ3v) is 2.97. The Labute approximate surface area is 114 Å². The lowest BCUT2D eigenvalue weighted by molar-refractivity contribution is 0.969. The maximum Gasteiger partial charge on any atom is 0.348 e. The monoisotopic (exact) mass is 270 g/mol. The first-order chi connectivity index (χ1) is 9.76. The fourth-order valence-corrected chi connectivity index (χ4v) is 1.95. The minimum absolute atomic E-state index is 0.301. The summed E-state index contributed by atoms with van der Waals surface area (Å²) in [4.78, 5) is 15.5. The van der Waals surface area contributed by atoms with Gasteiger partial charge in [0.25, 0.3) is 0 Å². The molecule has 0 bridgehead atoms. The van der Waals surface area contributed by atoms with Crippen LogP contribution < -0.4 is 16.7 Å². The zero-order chi connectivity index (χ0) is 13.9. The summed E-state index contributed by atoms with van der Waals surface area (Å²) in [6.07, 6.45) is 2.30. The maximum atomic E-state index is 11.3. The third kappa shape index (κ3) is 2.39. The minimum atomic E-state index is -0.301. The zero-order valence-electron chi connectivity index (χ0n) is 10.7. The molecule has 7 heteroatoms. The van der Waals surface area contributed by atoms with Gasteiger partial charge in [-0.2, -0.15) is 5.10 Å². The number of hydrogen-bond acceptors (Lipinski definition) is 5. The quantitative estimate of drug-likeness (QED) is 0.646. The highest BCUT2D eigenvalue weighted by Crippen LogP contribution is 2.15. The van der Waals surface area contributed by atoms with Crippen LogP contribution in [0.25, 0.3) is 5.65 Å². The van der Waals surface area contributed by atoms with Gasteiger partial charge in [0.1, 0.15) is 12.1 Å². The number of aromatic amines is 1. The van der Waals surface area contributed by atoms with Gasteiger partial charge in [0.2, 0.25) is 0 Å². The van der Waals surface area contributed by atoms with Gasteiger partial charge in [-0.05, 0) is 30.7 Å². The Kier molecular flexibility index (Phi) is 3.18. The Morgan fingerprint density at radius 3 is 2.85 bits per heavy atom. The molecular weight excluding hydrogens is 256 g/mol. The van der Waals surface area contributed by atoms with Gasteiger partial charge < -0.3 is 11.1 Å². The molecule has 3 rings (SSSR count). The highest BCUT2D eigenvalue weighted by atomic mass is 16.1. The van der Waals surface area contributed by atoms with Gasteiger partial charge in [-0.15, -0.1) is 0 Å². The topological polar surface area (TPSA) is 101 Å². The number of benzene rings is 1. The van der Waals surface area contributed by atoms with Crippen LogP contribution in [0.3, 0.4) is 0 Å². The van der Waals surface area contributed by atoms with E-state index in [-0.39, 0.29) is 5.69 Å². The number of rotatable bonds is 4. The van der Waals surface area contributed by atoms with E-state index >= 15 is 0 Å². The second kappa shape index (κ2) is 5.14. The van der Waals surface area contributed by atoms with Crippen molar-refractivity contribution in [2.24, 2.45) is 5.73 Å². The molecule has 0 saturated carbocycles. The molecule has 0 aliphatic carbocycles. The number of fused-ring (bicyclic) bond motifs is 1. The molecule has 0 unspecified atom stereocenters. The van der Waals surface area contributed by atoms with Crippen molar-refractivity contribution in [1.82, 2.24) is 19.6 Å². The Bertz CT molecular complexity index is 773. The van der Waals surface area contributed by atoms with Crippen molar-refractivity contribution in [3.8, 4) is 0 Å². The van der Waals surface area contributed by atoms with Crippen LogP contribution in [-0.4, -0.2) is 26.1 Å². The van der Waals surface area contributed by atoms with Gasteiger partial charge in [-0.1, -0.05) is 12.1 Å². The SMILES string of the molecule is NCCc1ccc(Nc2cc3n[nH]c(=O)n3cn2)cc1. The molecular formula is C13H14N6O. The highest BCUT2D eigenvalue weighted by Gasteiger charge is 2.02. The molecule has 20 heavy (non-hydrogen) atoms. The molecule has 102 valence electrons. The largest absolute Gasteiger partial charge is 0.348 e. The van der Waals surface area contributed by atoms with Gasteiger partial charge in [-0.3, -0.25) is 0 Å². The van der Waals surface area contributed by atoms with Crippen LogP contribution in [0.4, 0.5) is 11.5 Å². The summed E-state index contributed by atoms with van der Waals surface area (Å²) in [5.41, 5.74) is 7.85. The summed E-state index contributed by atoms with van der Waals surface area (Å²) in [6, 6.07) is 9.67. The predicted molar refractivity (Wildman–Crippen MR) is 76.1 cm³/mol. The smallest absolute Gasteiger partial charge is 0.340 e. The van der Waals surface area contributed by atoms with Crippen molar-refractivity contribution in [2.75, 3.05) is 11.9 Å². The summed E-state index contributed by atoms with van der Waals surface area (Å²) in [7, 11) is 0. The van der Waals surface area contributed by atoms with Crippen LogP contribution in [0.2, 0.25) is 0 Å². The first-order valence-corrected chi connectivity index (χ1v) is 6.25. The van der Waals surface area contributed by atoms with Crippen molar-refractivity contribution in [3.05, 3.63) is 52.7 Å². The van der Waals surface area contributed by atoms with E-state index in [0.717, 1.165) is 12.1 Å². The van der Waals surface area contributed by atoms with Gasteiger partial charge in [-0.25, -0.2) is 19.3 Å². The lowest BCUT2D eigenvalue weighted by Gasteiger charge is -2.06. The summed E-state index contributed by atoms with van der Waals surface area (Å²) < 4.78 is 1.34. The molecule has 4 N–H and O–H groups in total. The van der Waals surface area contributed by atoms with Crippen LogP contribution in [0, 0.1) is 0 Å². The molecule has 1 aromatic carbocycles. The molecule has 0 fully saturated rings. The average molecular weight is 270 g/mol. The third-order valence-electron chi connectivity index (χ3n) is 2.97. The highest BCUT2D eigenvalue weighted by molar-refractivity contribution is 5.59. The Hall–Kier alpha value is -2.67. The standard InChI is InChI=1S/C13H14N6O/c14-6-5-9-1-3-10(4-2-9)16-11-7-12-17-18-13(20)19(12)8-15-11/h1-4,7-8,16H,5-6,14H2,(H,18,20). The Morgan fingerprint density at radius 2 is 2.10 bits per heavy atom. The van der Waals surface area contributed by atoms with E-state index in [1.165, 1.54) is 16.3 Å². The van der Waals surface area contributed by atoms with E-state index < -0.39 is 0 Å². The second-order valence-electron chi connectivity index (χ2n) is 4.39. The lowest BCUT2D eigenvalue weighted by Crippen LogP contribution is -2.09. The van der Waals surface area contributed by atoms with Crippen LogP contribution >= 0.6 is 0 Å². The molecule has 0 amide bonds. The molecule has 0 aliphatic heterocycles. The fourth-order valence-electron chi connectivity index (χ4n) is 1.95. The van der Waals surface area contributed by atoms with Crippen molar-refractivity contribution < 1.29 is 0 Å². The molecule has 2 aromatic heterocycles. The van der Waals surface area contributed by atoms with Crippen LogP contribution in [0.15, 0.2) is 41.5 Å². The second-order valence-corrected chi connectivity index (χ2v) is 4.39. The molecule has 3 aromatic rings. The van der Waals surface area contributed by atoms with E-state index in [2.05, 4.69) is 20.5 Å². The van der Waals surface area contributed by atoms with Gasteiger partial charge in [0.15, 0.2) is 5.65 Å². The first kappa shape index (κ1) is 12.4. The molecule has 0 spiro atoms. The van der Waals surface area contributed by atoms with Gasteiger partial charge >= 0.3 is 5.69 Å². The van der Waals surface area contributed by atoms with Crippen LogP contribution in [-0.2, 0) is 6.42 Å². The van der Waals surface area contributed by atoms with E-state index in [1.807, 2.05) is 24.3 Å². The number of hydrogen-bond donors (Lipinski definition) is 3. The Morgan fingerprint density at radius 1 is 1.30 bits per heavy atom. The lowest BCUT2D eigenvalue weighted by atomic mass is 10.1. The number of H-pyrrole nitrogens is 1. The van der Waals surface area contributed by atoms with E-state index in [9.17, 15) is 4.79 Å². The van der Waals surface area contributed by atoms with Crippen LogP contribution in [0.5, 0.6) is 0 Å². The Balaban J connectivity index is 1.83. The van der Waals surface area contributed by atoms with E-state index in [4.69, 9.17) is 5.73 Å². The normalized spacial score (nSPS) is 10.8. The van der Waals surface area contributed by atoms with Gasteiger partial charge in [0, 0.05) is 11.8 Å². The predicted octanol–water partition coefficient (Wildman–Crippen LogP) is 0.662. The average Bonchev–Trinajstić information content (AvgIpc) is 2.83. The molecule has 2 heterocycles. The van der Waals surface area contributed by atoms with Crippen molar-refractivity contribution >= 4 is 17.2 Å². The van der Waals surface area contributed by atoms with E-state index in [0.29, 0.717) is 18.0 Å². The summed E-state index contributed by atoms with van der Waals surface area (Å²) in [6.45, 7) is 0.638. The van der Waals surface area contributed by atoms with Crippen LogP contribution in [0.1, 0.15) is 5.56 Å². The molecule has 0 aliphatic rings.